The first-order valence-electron chi connectivity index (χ1n) is 11.3. The summed E-state index contributed by atoms with van der Waals surface area (Å²) in [6.45, 7) is 6.73. The first kappa shape index (κ1) is 22.0. The Bertz CT molecular complexity index is 933. The Balaban J connectivity index is 1.31. The van der Waals surface area contributed by atoms with Gasteiger partial charge in [-0.25, -0.2) is 0 Å². The molecule has 8 heteroatoms. The van der Waals surface area contributed by atoms with Crippen LogP contribution in [0.1, 0.15) is 26.7 Å². The van der Waals surface area contributed by atoms with Crippen LogP contribution < -0.4 is 9.64 Å². The van der Waals surface area contributed by atoms with Crippen molar-refractivity contribution in [1.29, 1.82) is 0 Å². The molecule has 1 aromatic heterocycles. The van der Waals surface area contributed by atoms with Crippen LogP contribution in [-0.4, -0.2) is 77.7 Å². The van der Waals surface area contributed by atoms with Crippen LogP contribution in [0, 0.1) is 5.92 Å². The number of hydrogen-bond donors (Lipinski definition) is 0. The van der Waals surface area contributed by atoms with Gasteiger partial charge >= 0.3 is 0 Å². The van der Waals surface area contributed by atoms with Crippen molar-refractivity contribution in [2.24, 2.45) is 5.92 Å². The summed E-state index contributed by atoms with van der Waals surface area (Å²) in [6.07, 6.45) is 1.90. The molecule has 1 saturated heterocycles. The smallest absolute Gasteiger partial charge is 0.242 e. The van der Waals surface area contributed by atoms with Gasteiger partial charge in [-0.15, -0.1) is 10.2 Å². The van der Waals surface area contributed by atoms with E-state index in [9.17, 15) is 9.59 Å². The van der Waals surface area contributed by atoms with Gasteiger partial charge in [0.05, 0.1) is 19.3 Å². The van der Waals surface area contributed by atoms with Gasteiger partial charge in [0, 0.05) is 43.7 Å². The highest BCUT2D eigenvalue weighted by molar-refractivity contribution is 5.87. The summed E-state index contributed by atoms with van der Waals surface area (Å²) in [6, 6.07) is 11.7. The average Bonchev–Trinajstić information content (AvgIpc) is 3.68. The van der Waals surface area contributed by atoms with Gasteiger partial charge in [0.1, 0.15) is 5.75 Å². The van der Waals surface area contributed by atoms with E-state index >= 15 is 0 Å². The van der Waals surface area contributed by atoms with Gasteiger partial charge in [0.25, 0.3) is 0 Å². The van der Waals surface area contributed by atoms with E-state index in [-0.39, 0.29) is 30.3 Å². The molecule has 1 aliphatic carbocycles. The van der Waals surface area contributed by atoms with E-state index in [2.05, 4.69) is 15.1 Å². The summed E-state index contributed by atoms with van der Waals surface area (Å²) in [5.74, 6) is 1.88. The minimum Gasteiger partial charge on any atom is -0.497 e. The van der Waals surface area contributed by atoms with E-state index in [0.717, 1.165) is 35.7 Å². The molecule has 0 bridgehead atoms. The first-order valence-corrected chi connectivity index (χ1v) is 11.3. The standard InChI is InChI=1S/C24H31N5O3/c1-17(2)29(24(31)19-4-5-19)16-23(30)28-14-12-27(13-15-28)22-11-10-21(25-26-22)18-6-8-20(32-3)9-7-18/h6-11,17,19H,4-5,12-16H2,1-3H3. The second-order valence-corrected chi connectivity index (χ2v) is 8.71. The molecule has 2 aromatic rings. The second kappa shape index (κ2) is 9.54. The van der Waals surface area contributed by atoms with Gasteiger partial charge in [0.2, 0.25) is 11.8 Å². The van der Waals surface area contributed by atoms with Crippen molar-refractivity contribution in [2.45, 2.75) is 32.7 Å². The SMILES string of the molecule is COc1ccc(-c2ccc(N3CCN(C(=O)CN(C(=O)C4CC4)C(C)C)CC3)nn2)cc1. The third-order valence-corrected chi connectivity index (χ3v) is 6.13. The zero-order valence-electron chi connectivity index (χ0n) is 19.0. The maximum atomic E-state index is 12.8. The number of amides is 2. The van der Waals surface area contributed by atoms with Crippen molar-refractivity contribution in [3.63, 3.8) is 0 Å². The van der Waals surface area contributed by atoms with Crippen molar-refractivity contribution < 1.29 is 14.3 Å². The number of nitrogens with zero attached hydrogens (tertiary/aromatic N) is 5. The van der Waals surface area contributed by atoms with Crippen LogP contribution in [0.15, 0.2) is 36.4 Å². The number of carbonyl (C=O) groups is 2. The van der Waals surface area contributed by atoms with Crippen molar-refractivity contribution in [1.82, 2.24) is 20.0 Å². The summed E-state index contributed by atoms with van der Waals surface area (Å²) in [5, 5.41) is 8.78. The van der Waals surface area contributed by atoms with Crippen molar-refractivity contribution >= 4 is 17.6 Å². The van der Waals surface area contributed by atoms with Crippen molar-refractivity contribution in [3.8, 4) is 17.0 Å². The molecule has 32 heavy (non-hydrogen) atoms. The van der Waals surface area contributed by atoms with Gasteiger partial charge in [-0.05, 0) is 63.1 Å². The van der Waals surface area contributed by atoms with Crippen LogP contribution in [-0.2, 0) is 9.59 Å². The molecule has 0 N–H and O–H groups in total. The minimum atomic E-state index is 0.0216. The van der Waals surface area contributed by atoms with E-state index in [0.29, 0.717) is 26.2 Å². The van der Waals surface area contributed by atoms with E-state index in [1.165, 1.54) is 0 Å². The maximum absolute atomic E-state index is 12.8. The van der Waals surface area contributed by atoms with Crippen LogP contribution in [0.5, 0.6) is 5.75 Å². The Morgan fingerprint density at radius 2 is 1.72 bits per heavy atom. The predicted octanol–water partition coefficient (Wildman–Crippen LogP) is 2.45. The zero-order valence-corrected chi connectivity index (χ0v) is 19.0. The van der Waals surface area contributed by atoms with E-state index in [4.69, 9.17) is 4.74 Å². The Hall–Kier alpha value is -3.16. The van der Waals surface area contributed by atoms with Gasteiger partial charge in [-0.1, -0.05) is 0 Å². The molecule has 2 fully saturated rings. The Labute approximate surface area is 189 Å². The summed E-state index contributed by atoms with van der Waals surface area (Å²) < 4.78 is 5.20. The molecular weight excluding hydrogens is 406 g/mol. The Kier molecular flexibility index (Phi) is 6.58. The molecule has 0 unspecified atom stereocenters. The van der Waals surface area contributed by atoms with Gasteiger partial charge in [-0.3, -0.25) is 9.59 Å². The lowest BCUT2D eigenvalue weighted by atomic mass is 10.1. The highest BCUT2D eigenvalue weighted by Crippen LogP contribution is 2.31. The molecule has 0 atom stereocenters. The zero-order chi connectivity index (χ0) is 22.7. The quantitative estimate of drug-likeness (QED) is 0.662. The fourth-order valence-electron chi connectivity index (χ4n) is 3.92. The Morgan fingerprint density at radius 3 is 2.25 bits per heavy atom. The lowest BCUT2D eigenvalue weighted by Crippen LogP contribution is -2.53. The summed E-state index contributed by atoms with van der Waals surface area (Å²) in [7, 11) is 1.64. The summed E-state index contributed by atoms with van der Waals surface area (Å²) >= 11 is 0. The number of hydrogen-bond acceptors (Lipinski definition) is 6. The molecular formula is C24H31N5O3. The van der Waals surface area contributed by atoms with Crippen LogP contribution in [0.2, 0.25) is 0 Å². The Morgan fingerprint density at radius 1 is 1.03 bits per heavy atom. The predicted molar refractivity (Wildman–Crippen MR) is 122 cm³/mol. The van der Waals surface area contributed by atoms with Crippen molar-refractivity contribution in [2.75, 3.05) is 44.7 Å². The lowest BCUT2D eigenvalue weighted by Gasteiger charge is -2.36. The molecule has 2 heterocycles. The van der Waals surface area contributed by atoms with Gasteiger partial charge in [-0.2, -0.15) is 0 Å². The molecule has 4 rings (SSSR count). The number of anilines is 1. The van der Waals surface area contributed by atoms with Gasteiger partial charge in [0.15, 0.2) is 5.82 Å². The average molecular weight is 438 g/mol. The summed E-state index contributed by atoms with van der Waals surface area (Å²) in [5.41, 5.74) is 1.79. The number of rotatable bonds is 7. The fourth-order valence-corrected chi connectivity index (χ4v) is 3.92. The van der Waals surface area contributed by atoms with Crippen LogP contribution in [0.25, 0.3) is 11.3 Å². The number of aromatic nitrogens is 2. The van der Waals surface area contributed by atoms with Crippen molar-refractivity contribution in [3.05, 3.63) is 36.4 Å². The number of methoxy groups -OCH3 is 1. The molecule has 1 aromatic carbocycles. The van der Waals surface area contributed by atoms with Gasteiger partial charge < -0.3 is 19.4 Å². The number of piperazine rings is 1. The maximum Gasteiger partial charge on any atom is 0.242 e. The van der Waals surface area contributed by atoms with E-state index in [1.807, 2.05) is 55.1 Å². The largest absolute Gasteiger partial charge is 0.497 e. The molecule has 2 amide bonds. The highest BCUT2D eigenvalue weighted by Gasteiger charge is 2.36. The molecule has 1 aliphatic heterocycles. The normalized spacial score (nSPS) is 16.2. The second-order valence-electron chi connectivity index (χ2n) is 8.71. The third kappa shape index (κ3) is 5.00. The summed E-state index contributed by atoms with van der Waals surface area (Å²) in [4.78, 5) is 31.0. The van der Waals surface area contributed by atoms with E-state index in [1.54, 1.807) is 12.0 Å². The third-order valence-electron chi connectivity index (χ3n) is 6.13. The topological polar surface area (TPSA) is 78.9 Å². The number of ether oxygens (including phenoxy) is 1. The lowest BCUT2D eigenvalue weighted by molar-refractivity contribution is -0.143. The highest BCUT2D eigenvalue weighted by atomic mass is 16.5. The molecule has 2 aliphatic rings. The van der Waals surface area contributed by atoms with Crippen LogP contribution in [0.4, 0.5) is 5.82 Å². The first-order chi connectivity index (χ1) is 15.5. The molecule has 8 nitrogen and oxygen atoms in total. The molecule has 170 valence electrons. The minimum absolute atomic E-state index is 0.0216. The van der Waals surface area contributed by atoms with E-state index < -0.39 is 0 Å². The molecule has 0 radical (unpaired) electrons. The van der Waals surface area contributed by atoms with Crippen LogP contribution in [0.3, 0.4) is 0 Å². The molecule has 0 spiro atoms. The molecule has 1 saturated carbocycles. The number of carbonyl (C=O) groups excluding carboxylic acids is 2. The fraction of sp³-hybridized carbons (Fsp3) is 0.500. The monoisotopic (exact) mass is 437 g/mol. The number of benzene rings is 1. The van der Waals surface area contributed by atoms with Crippen LogP contribution >= 0.6 is 0 Å².